The Morgan fingerprint density at radius 2 is 1.66 bits per heavy atom. The second kappa shape index (κ2) is 7.71. The van der Waals surface area contributed by atoms with Crippen LogP contribution in [0, 0.1) is 0 Å². The lowest BCUT2D eigenvalue weighted by Gasteiger charge is -2.28. The van der Waals surface area contributed by atoms with Gasteiger partial charge in [-0.3, -0.25) is 18.7 Å². The van der Waals surface area contributed by atoms with Crippen LogP contribution < -0.4 is 27.6 Å². The van der Waals surface area contributed by atoms with Crippen LogP contribution in [0.2, 0.25) is 0 Å². The third-order valence-electron chi connectivity index (χ3n) is 6.24. The fourth-order valence-electron chi connectivity index (χ4n) is 4.23. The molecule has 2 aromatic carbocycles. The summed E-state index contributed by atoms with van der Waals surface area (Å²) in [5.74, 6) is 0. The summed E-state index contributed by atoms with van der Waals surface area (Å²) in [6.07, 6.45) is 2.57. The van der Waals surface area contributed by atoms with Crippen LogP contribution in [0.1, 0.15) is 25.3 Å². The molecule has 0 bridgehead atoms. The van der Waals surface area contributed by atoms with Gasteiger partial charge < -0.3 is 5.32 Å². The summed E-state index contributed by atoms with van der Waals surface area (Å²) < 4.78 is 4.22. The maximum atomic E-state index is 13.7. The average molecular weight is 426 g/mol. The summed E-state index contributed by atoms with van der Waals surface area (Å²) in [4.78, 5) is 40.2. The molecule has 0 aliphatic heterocycles. The van der Waals surface area contributed by atoms with Crippen molar-refractivity contribution in [3.8, 4) is 5.69 Å². The smallest absolute Gasteiger partial charge is 0.337 e. The Kier molecular flexibility index (Phi) is 4.85. The summed E-state index contributed by atoms with van der Waals surface area (Å²) in [5.41, 5.74) is 2.06. The molecule has 4 aromatic rings. The number of nitrogens with one attached hydrogen (secondary N) is 1. The van der Waals surface area contributed by atoms with E-state index in [1.54, 1.807) is 19.2 Å². The number of nitrogens with zero attached hydrogens (tertiary/aromatic N) is 3. The highest BCUT2D eigenvalue weighted by Gasteiger charge is 2.28. The van der Waals surface area contributed by atoms with Gasteiger partial charge >= 0.3 is 5.69 Å². The topological polar surface area (TPSA) is 78.0 Å². The van der Waals surface area contributed by atoms with E-state index in [4.69, 9.17) is 0 Å². The van der Waals surface area contributed by atoms with Gasteiger partial charge in [-0.2, -0.15) is 0 Å². The SMILES string of the molecule is Bc1ccc(Nc2cc(=O)n(C)c3c2c(=O)n(C2CCC2)c(=O)n3-c2ccccc2)cc1. The quantitative estimate of drug-likeness (QED) is 0.503. The molecule has 0 unspecified atom stereocenters. The van der Waals surface area contributed by atoms with Gasteiger partial charge in [0, 0.05) is 24.8 Å². The number of aryl methyl sites for hydroxylation is 1. The maximum absolute atomic E-state index is 13.7. The molecule has 5 rings (SSSR count). The van der Waals surface area contributed by atoms with Gasteiger partial charge in [0.25, 0.3) is 11.1 Å². The molecule has 2 aromatic heterocycles. The number of anilines is 2. The summed E-state index contributed by atoms with van der Waals surface area (Å²) in [5, 5.41) is 3.56. The number of aromatic nitrogens is 3. The highest BCUT2D eigenvalue weighted by atomic mass is 16.2. The lowest BCUT2D eigenvalue weighted by atomic mass is 9.93. The number of para-hydroxylation sites is 1. The van der Waals surface area contributed by atoms with Gasteiger partial charge in [-0.25, -0.2) is 9.36 Å². The Hall–Kier alpha value is -3.81. The average Bonchev–Trinajstić information content (AvgIpc) is 2.75. The van der Waals surface area contributed by atoms with Gasteiger partial charge in [0.05, 0.1) is 11.4 Å². The van der Waals surface area contributed by atoms with E-state index in [-0.39, 0.29) is 22.8 Å². The van der Waals surface area contributed by atoms with Crippen LogP contribution in [-0.2, 0) is 7.05 Å². The first-order valence-electron chi connectivity index (χ1n) is 10.8. The molecule has 7 nitrogen and oxygen atoms in total. The molecule has 1 fully saturated rings. The zero-order chi connectivity index (χ0) is 22.4. The molecule has 1 N–H and O–H groups in total. The second-order valence-corrected chi connectivity index (χ2v) is 8.36. The maximum Gasteiger partial charge on any atom is 0.337 e. The van der Waals surface area contributed by atoms with Crippen molar-refractivity contribution in [1.82, 2.24) is 13.7 Å². The van der Waals surface area contributed by atoms with E-state index >= 15 is 0 Å². The number of fused-ring (bicyclic) bond motifs is 1. The van der Waals surface area contributed by atoms with Crippen LogP contribution >= 0.6 is 0 Å². The van der Waals surface area contributed by atoms with Crippen molar-refractivity contribution in [2.24, 2.45) is 7.05 Å². The van der Waals surface area contributed by atoms with Crippen LogP contribution in [-0.4, -0.2) is 21.5 Å². The van der Waals surface area contributed by atoms with Crippen molar-refractivity contribution in [2.45, 2.75) is 25.3 Å². The van der Waals surface area contributed by atoms with Crippen molar-refractivity contribution in [1.29, 1.82) is 0 Å². The number of hydrogen-bond donors (Lipinski definition) is 1. The summed E-state index contributed by atoms with van der Waals surface area (Å²) >= 11 is 0. The van der Waals surface area contributed by atoms with Crippen LogP contribution in [0.25, 0.3) is 16.7 Å². The highest BCUT2D eigenvalue weighted by Crippen LogP contribution is 2.30. The molecule has 8 heteroatoms. The number of hydrogen-bond acceptors (Lipinski definition) is 4. The van der Waals surface area contributed by atoms with Crippen LogP contribution in [0.15, 0.2) is 75.0 Å². The minimum atomic E-state index is -0.416. The monoisotopic (exact) mass is 426 g/mol. The molecule has 1 aliphatic carbocycles. The first kappa shape index (κ1) is 20.1. The molecule has 1 saturated carbocycles. The zero-order valence-electron chi connectivity index (χ0n) is 18.0. The minimum absolute atomic E-state index is 0.126. The Labute approximate surface area is 185 Å². The second-order valence-electron chi connectivity index (χ2n) is 8.36. The van der Waals surface area contributed by atoms with Crippen molar-refractivity contribution < 1.29 is 0 Å². The summed E-state index contributed by atoms with van der Waals surface area (Å²) in [6.45, 7) is 0. The molecule has 0 radical (unpaired) electrons. The first-order chi connectivity index (χ1) is 15.5. The van der Waals surface area contributed by atoms with Gasteiger partial charge in [0.2, 0.25) is 0 Å². The Morgan fingerprint density at radius 1 is 0.969 bits per heavy atom. The molecular formula is C24H23BN4O3. The molecule has 32 heavy (non-hydrogen) atoms. The molecule has 0 spiro atoms. The Bertz CT molecular complexity index is 1500. The van der Waals surface area contributed by atoms with Crippen molar-refractivity contribution in [2.75, 3.05) is 5.32 Å². The lowest BCUT2D eigenvalue weighted by Crippen LogP contribution is -2.45. The fourth-order valence-corrected chi connectivity index (χ4v) is 4.23. The third-order valence-corrected chi connectivity index (χ3v) is 6.24. The minimum Gasteiger partial charge on any atom is -0.355 e. The zero-order valence-corrected chi connectivity index (χ0v) is 18.0. The van der Waals surface area contributed by atoms with Crippen molar-refractivity contribution in [3.63, 3.8) is 0 Å². The standard InChI is InChI=1S/C24H23BN4O3/c1-27-20(30)14-19(26-16-12-10-15(25)11-13-16)21-22(27)28(17-6-3-2-4-7-17)24(32)29(23(21)31)18-8-5-9-18/h2-4,6-7,10-14,18,26H,5,8-9,25H2,1H3. The van der Waals surface area contributed by atoms with E-state index in [1.165, 1.54) is 19.8 Å². The van der Waals surface area contributed by atoms with Gasteiger partial charge in [-0.1, -0.05) is 35.8 Å². The van der Waals surface area contributed by atoms with Crippen LogP contribution in [0.3, 0.4) is 0 Å². The number of pyridine rings is 1. The van der Waals surface area contributed by atoms with Crippen LogP contribution in [0.4, 0.5) is 11.4 Å². The van der Waals surface area contributed by atoms with E-state index in [9.17, 15) is 14.4 Å². The van der Waals surface area contributed by atoms with Crippen molar-refractivity contribution >= 4 is 35.7 Å². The van der Waals surface area contributed by atoms with E-state index < -0.39 is 5.69 Å². The van der Waals surface area contributed by atoms with E-state index in [0.29, 0.717) is 16.8 Å². The predicted molar refractivity (Wildman–Crippen MR) is 130 cm³/mol. The normalized spacial score (nSPS) is 13.8. The molecule has 0 saturated heterocycles. The van der Waals surface area contributed by atoms with Crippen molar-refractivity contribution in [3.05, 3.63) is 91.9 Å². The summed E-state index contributed by atoms with van der Waals surface area (Å²) in [7, 11) is 3.58. The lowest BCUT2D eigenvalue weighted by molar-refractivity contribution is 0.295. The Morgan fingerprint density at radius 3 is 2.28 bits per heavy atom. The summed E-state index contributed by atoms with van der Waals surface area (Å²) in [6, 6.07) is 18.2. The molecular weight excluding hydrogens is 403 g/mol. The van der Waals surface area contributed by atoms with E-state index in [0.717, 1.165) is 30.4 Å². The van der Waals surface area contributed by atoms with Gasteiger partial charge in [0.1, 0.15) is 18.9 Å². The first-order valence-corrected chi connectivity index (χ1v) is 10.8. The van der Waals surface area contributed by atoms with Gasteiger partial charge in [0.15, 0.2) is 0 Å². The van der Waals surface area contributed by atoms with E-state index in [1.807, 2.05) is 50.3 Å². The third kappa shape index (κ3) is 3.19. The van der Waals surface area contributed by atoms with Gasteiger partial charge in [-0.15, -0.1) is 0 Å². The molecule has 160 valence electrons. The van der Waals surface area contributed by atoms with Gasteiger partial charge in [-0.05, 0) is 43.5 Å². The number of rotatable bonds is 4. The molecule has 2 heterocycles. The Balaban J connectivity index is 1.90. The number of benzene rings is 2. The predicted octanol–water partition coefficient (Wildman–Crippen LogP) is 1.58. The molecule has 1 aliphatic rings. The van der Waals surface area contributed by atoms with E-state index in [2.05, 4.69) is 5.32 Å². The molecule has 0 atom stereocenters. The largest absolute Gasteiger partial charge is 0.355 e. The fraction of sp³-hybridized carbons (Fsp3) is 0.208. The highest BCUT2D eigenvalue weighted by molar-refractivity contribution is 6.32. The molecule has 0 amide bonds. The van der Waals surface area contributed by atoms with Crippen LogP contribution in [0.5, 0.6) is 0 Å².